The molecule has 1 aromatic heterocycles. The van der Waals surface area contributed by atoms with Crippen molar-refractivity contribution in [3.8, 4) is 0 Å². The Balaban J connectivity index is 1.96. The molecule has 18 heavy (non-hydrogen) atoms. The van der Waals surface area contributed by atoms with Crippen molar-refractivity contribution in [3.05, 3.63) is 65.0 Å². The number of aliphatic hydroxyl groups is 1. The van der Waals surface area contributed by atoms with Crippen molar-refractivity contribution >= 4 is 0 Å². The first-order chi connectivity index (χ1) is 8.75. The van der Waals surface area contributed by atoms with Crippen LogP contribution in [0.4, 0.5) is 0 Å². The highest BCUT2D eigenvalue weighted by Gasteiger charge is 2.27. The van der Waals surface area contributed by atoms with Crippen molar-refractivity contribution in [2.24, 2.45) is 0 Å². The summed E-state index contributed by atoms with van der Waals surface area (Å²) in [4.78, 5) is 4.26. The van der Waals surface area contributed by atoms with Crippen LogP contribution in [0, 0.1) is 6.92 Å². The quantitative estimate of drug-likeness (QED) is 0.891. The maximum Gasteiger partial charge on any atom is 0.106 e. The van der Waals surface area contributed by atoms with E-state index >= 15 is 0 Å². The van der Waals surface area contributed by atoms with Crippen LogP contribution in [0.15, 0.2) is 42.6 Å². The van der Waals surface area contributed by atoms with Gasteiger partial charge in [-0.1, -0.05) is 30.3 Å². The fraction of sp³-hybridized carbons (Fsp3) is 0.312. The van der Waals surface area contributed by atoms with Gasteiger partial charge in [-0.2, -0.15) is 0 Å². The topological polar surface area (TPSA) is 33.1 Å². The van der Waals surface area contributed by atoms with Crippen molar-refractivity contribution in [3.63, 3.8) is 0 Å². The molecular formula is C16H17NO. The maximum absolute atomic E-state index is 10.5. The Hall–Kier alpha value is -1.67. The predicted molar refractivity (Wildman–Crippen MR) is 71.5 cm³/mol. The van der Waals surface area contributed by atoms with Crippen LogP contribution in [0.2, 0.25) is 0 Å². The van der Waals surface area contributed by atoms with E-state index in [0.29, 0.717) is 5.92 Å². The van der Waals surface area contributed by atoms with Crippen LogP contribution in [0.1, 0.15) is 47.2 Å². The van der Waals surface area contributed by atoms with Crippen LogP contribution in [0.3, 0.4) is 0 Å². The van der Waals surface area contributed by atoms with Crippen LogP contribution >= 0.6 is 0 Å². The predicted octanol–water partition coefficient (Wildman–Crippen LogP) is 3.35. The number of hydrogen-bond donors (Lipinski definition) is 1. The highest BCUT2D eigenvalue weighted by atomic mass is 16.3. The van der Waals surface area contributed by atoms with Crippen LogP contribution in [-0.4, -0.2) is 10.1 Å². The molecule has 1 heterocycles. The minimum Gasteiger partial charge on any atom is -0.384 e. The van der Waals surface area contributed by atoms with Crippen molar-refractivity contribution in [1.82, 2.24) is 4.98 Å². The summed E-state index contributed by atoms with van der Waals surface area (Å²) < 4.78 is 0. The van der Waals surface area contributed by atoms with Gasteiger partial charge < -0.3 is 5.11 Å². The van der Waals surface area contributed by atoms with E-state index in [1.165, 1.54) is 18.4 Å². The summed E-state index contributed by atoms with van der Waals surface area (Å²) in [5, 5.41) is 10.5. The molecule has 0 amide bonds. The number of aliphatic hydroxyl groups excluding tert-OH is 1. The second-order valence-electron chi connectivity index (χ2n) is 5.04. The Kier molecular flexibility index (Phi) is 2.88. The SMILES string of the molecule is Cc1ccc(C(O)c2ccccc2C2CC2)cn1. The molecule has 92 valence electrons. The summed E-state index contributed by atoms with van der Waals surface area (Å²) in [6.07, 6.45) is 3.70. The zero-order chi connectivity index (χ0) is 12.5. The van der Waals surface area contributed by atoms with Gasteiger partial charge in [0.2, 0.25) is 0 Å². The van der Waals surface area contributed by atoms with E-state index in [4.69, 9.17) is 0 Å². The number of aryl methyl sites for hydroxylation is 1. The van der Waals surface area contributed by atoms with E-state index < -0.39 is 6.10 Å². The largest absolute Gasteiger partial charge is 0.384 e. The smallest absolute Gasteiger partial charge is 0.106 e. The van der Waals surface area contributed by atoms with E-state index in [1.807, 2.05) is 31.2 Å². The zero-order valence-electron chi connectivity index (χ0n) is 10.5. The number of pyridine rings is 1. The maximum atomic E-state index is 10.5. The molecule has 0 bridgehead atoms. The van der Waals surface area contributed by atoms with Gasteiger partial charge >= 0.3 is 0 Å². The Morgan fingerprint density at radius 3 is 2.61 bits per heavy atom. The molecule has 0 aliphatic heterocycles. The molecule has 2 heteroatoms. The molecular weight excluding hydrogens is 222 g/mol. The number of benzene rings is 1. The second kappa shape index (κ2) is 4.54. The molecule has 1 aliphatic carbocycles. The summed E-state index contributed by atoms with van der Waals surface area (Å²) in [6.45, 7) is 1.95. The number of rotatable bonds is 3. The Bertz CT molecular complexity index is 543. The van der Waals surface area contributed by atoms with Gasteiger partial charge in [-0.25, -0.2) is 0 Å². The van der Waals surface area contributed by atoms with Crippen LogP contribution in [0.25, 0.3) is 0 Å². The van der Waals surface area contributed by atoms with Gasteiger partial charge in [-0.05, 0) is 42.9 Å². The standard InChI is InChI=1S/C16H17NO/c1-11-6-7-13(10-17-11)16(18)15-5-3-2-4-14(15)12-8-9-12/h2-7,10,12,16,18H,8-9H2,1H3. The minimum absolute atomic E-state index is 0.560. The number of nitrogens with zero attached hydrogens (tertiary/aromatic N) is 1. The lowest BCUT2D eigenvalue weighted by Gasteiger charge is -2.15. The monoisotopic (exact) mass is 239 g/mol. The third-order valence-corrected chi connectivity index (χ3v) is 3.56. The number of aromatic nitrogens is 1. The van der Waals surface area contributed by atoms with Gasteiger partial charge in [-0.3, -0.25) is 4.98 Å². The molecule has 1 atom stereocenters. The van der Waals surface area contributed by atoms with Crippen molar-refractivity contribution < 1.29 is 5.11 Å². The Morgan fingerprint density at radius 1 is 1.17 bits per heavy atom. The Labute approximate surface area is 107 Å². The van der Waals surface area contributed by atoms with Crippen molar-refractivity contribution in [2.45, 2.75) is 31.8 Å². The van der Waals surface area contributed by atoms with Gasteiger partial charge in [0.1, 0.15) is 6.10 Å². The molecule has 1 N–H and O–H groups in total. The summed E-state index contributed by atoms with van der Waals surface area (Å²) in [5.41, 5.74) is 4.17. The summed E-state index contributed by atoms with van der Waals surface area (Å²) in [6, 6.07) is 12.1. The summed E-state index contributed by atoms with van der Waals surface area (Å²) >= 11 is 0. The van der Waals surface area contributed by atoms with E-state index in [-0.39, 0.29) is 0 Å². The molecule has 1 fully saturated rings. The highest BCUT2D eigenvalue weighted by molar-refractivity contribution is 5.39. The fourth-order valence-corrected chi connectivity index (χ4v) is 2.35. The number of hydrogen-bond acceptors (Lipinski definition) is 2. The van der Waals surface area contributed by atoms with Crippen LogP contribution in [-0.2, 0) is 0 Å². The summed E-state index contributed by atoms with van der Waals surface area (Å²) in [7, 11) is 0. The lowest BCUT2D eigenvalue weighted by molar-refractivity contribution is 0.218. The molecule has 1 unspecified atom stereocenters. The van der Waals surface area contributed by atoms with Crippen molar-refractivity contribution in [2.75, 3.05) is 0 Å². The van der Waals surface area contributed by atoms with Crippen LogP contribution < -0.4 is 0 Å². The molecule has 0 radical (unpaired) electrons. The molecule has 1 aliphatic rings. The van der Waals surface area contributed by atoms with Gasteiger partial charge in [0.15, 0.2) is 0 Å². The molecule has 0 saturated heterocycles. The first-order valence-electron chi connectivity index (χ1n) is 6.45. The second-order valence-corrected chi connectivity index (χ2v) is 5.04. The van der Waals surface area contributed by atoms with Crippen LogP contribution in [0.5, 0.6) is 0 Å². The van der Waals surface area contributed by atoms with E-state index in [0.717, 1.165) is 16.8 Å². The van der Waals surface area contributed by atoms with E-state index in [2.05, 4.69) is 17.1 Å². The first kappa shape index (κ1) is 11.4. The van der Waals surface area contributed by atoms with Gasteiger partial charge in [0.25, 0.3) is 0 Å². The zero-order valence-corrected chi connectivity index (χ0v) is 10.5. The Morgan fingerprint density at radius 2 is 1.94 bits per heavy atom. The van der Waals surface area contributed by atoms with Gasteiger partial charge in [-0.15, -0.1) is 0 Å². The normalized spacial score (nSPS) is 16.6. The third-order valence-electron chi connectivity index (χ3n) is 3.56. The minimum atomic E-state index is -0.560. The third kappa shape index (κ3) is 2.16. The molecule has 0 spiro atoms. The van der Waals surface area contributed by atoms with E-state index in [1.54, 1.807) is 6.20 Å². The average molecular weight is 239 g/mol. The molecule has 2 nitrogen and oxygen atoms in total. The van der Waals surface area contributed by atoms with Crippen molar-refractivity contribution in [1.29, 1.82) is 0 Å². The lowest BCUT2D eigenvalue weighted by Crippen LogP contribution is -2.03. The van der Waals surface area contributed by atoms with E-state index in [9.17, 15) is 5.11 Å². The van der Waals surface area contributed by atoms with Gasteiger partial charge in [0, 0.05) is 17.5 Å². The summed E-state index contributed by atoms with van der Waals surface area (Å²) in [5.74, 6) is 0.647. The fourth-order valence-electron chi connectivity index (χ4n) is 2.35. The molecule has 3 rings (SSSR count). The molecule has 1 aromatic carbocycles. The lowest BCUT2D eigenvalue weighted by atomic mass is 9.95. The highest BCUT2D eigenvalue weighted by Crippen LogP contribution is 2.43. The average Bonchev–Trinajstić information content (AvgIpc) is 3.23. The molecule has 1 saturated carbocycles. The first-order valence-corrected chi connectivity index (χ1v) is 6.45. The van der Waals surface area contributed by atoms with Gasteiger partial charge in [0.05, 0.1) is 0 Å². The molecule has 2 aromatic rings.